The summed E-state index contributed by atoms with van der Waals surface area (Å²) in [7, 11) is 0. The molecule has 2 rings (SSSR count). The second kappa shape index (κ2) is 7.66. The van der Waals surface area contributed by atoms with Crippen LogP contribution in [-0.2, 0) is 20.9 Å². The van der Waals surface area contributed by atoms with Crippen molar-refractivity contribution in [1.29, 1.82) is 0 Å². The number of aliphatic hydroxyl groups is 1. The standard InChI is InChI=1S/C18H25NO5/c1-18(2,3)24-17(22)19-10-14(11-20)9-15(19)16(21)23-12-13-7-5-4-6-8-13/h4-8,14-15,20H,9-12H2,1-3H3/t14?,15-/m0/s1. The van der Waals surface area contributed by atoms with Crippen LogP contribution >= 0.6 is 0 Å². The van der Waals surface area contributed by atoms with Crippen molar-refractivity contribution in [3.05, 3.63) is 35.9 Å². The van der Waals surface area contributed by atoms with Crippen LogP contribution < -0.4 is 0 Å². The summed E-state index contributed by atoms with van der Waals surface area (Å²) in [5.41, 5.74) is 0.235. The molecule has 6 nitrogen and oxygen atoms in total. The first-order chi connectivity index (χ1) is 11.3. The van der Waals surface area contributed by atoms with E-state index >= 15 is 0 Å². The molecule has 0 radical (unpaired) electrons. The smallest absolute Gasteiger partial charge is 0.411 e. The molecule has 0 spiro atoms. The van der Waals surface area contributed by atoms with Gasteiger partial charge in [-0.25, -0.2) is 9.59 Å². The number of rotatable bonds is 4. The second-order valence-electron chi connectivity index (χ2n) is 7.03. The lowest BCUT2D eigenvalue weighted by atomic mass is 10.1. The van der Waals surface area contributed by atoms with E-state index in [1.54, 1.807) is 20.8 Å². The predicted octanol–water partition coefficient (Wildman–Crippen LogP) is 2.35. The van der Waals surface area contributed by atoms with E-state index in [0.717, 1.165) is 5.56 Å². The number of carbonyl (C=O) groups excluding carboxylic acids is 2. The molecule has 1 aliphatic rings. The van der Waals surface area contributed by atoms with Crippen molar-refractivity contribution in [1.82, 2.24) is 4.90 Å². The fraction of sp³-hybridized carbons (Fsp3) is 0.556. The normalized spacial score (nSPS) is 20.8. The summed E-state index contributed by atoms with van der Waals surface area (Å²) in [4.78, 5) is 26.1. The average Bonchev–Trinajstić information content (AvgIpc) is 2.96. The maximum atomic E-state index is 12.4. The van der Waals surface area contributed by atoms with Crippen LogP contribution in [0.15, 0.2) is 30.3 Å². The maximum Gasteiger partial charge on any atom is 0.411 e. The molecule has 0 bridgehead atoms. The molecule has 1 aromatic rings. The second-order valence-corrected chi connectivity index (χ2v) is 7.03. The molecule has 2 atom stereocenters. The number of ether oxygens (including phenoxy) is 2. The lowest BCUT2D eigenvalue weighted by molar-refractivity contribution is -0.150. The minimum absolute atomic E-state index is 0.0816. The van der Waals surface area contributed by atoms with Crippen LogP contribution in [0.5, 0.6) is 0 Å². The van der Waals surface area contributed by atoms with Gasteiger partial charge in [0.1, 0.15) is 18.2 Å². The number of hydrogen-bond donors (Lipinski definition) is 1. The molecule has 1 saturated heterocycles. The fourth-order valence-corrected chi connectivity index (χ4v) is 2.63. The van der Waals surface area contributed by atoms with E-state index in [1.807, 2.05) is 30.3 Å². The van der Waals surface area contributed by atoms with Gasteiger partial charge in [-0.2, -0.15) is 0 Å². The topological polar surface area (TPSA) is 76.1 Å². The maximum absolute atomic E-state index is 12.4. The highest BCUT2D eigenvalue weighted by Gasteiger charge is 2.42. The number of amides is 1. The third-order valence-corrected chi connectivity index (χ3v) is 3.77. The molecule has 132 valence electrons. The highest BCUT2D eigenvalue weighted by Crippen LogP contribution is 2.26. The summed E-state index contributed by atoms with van der Waals surface area (Å²) < 4.78 is 10.7. The van der Waals surface area contributed by atoms with E-state index in [9.17, 15) is 14.7 Å². The van der Waals surface area contributed by atoms with Crippen LogP contribution in [0.25, 0.3) is 0 Å². The highest BCUT2D eigenvalue weighted by atomic mass is 16.6. The van der Waals surface area contributed by atoms with E-state index in [2.05, 4.69) is 0 Å². The van der Waals surface area contributed by atoms with Crippen molar-refractivity contribution < 1.29 is 24.2 Å². The van der Waals surface area contributed by atoms with Gasteiger partial charge >= 0.3 is 12.1 Å². The van der Waals surface area contributed by atoms with E-state index in [-0.39, 0.29) is 25.7 Å². The Morgan fingerprint density at radius 1 is 1.25 bits per heavy atom. The number of carbonyl (C=O) groups is 2. The molecule has 1 amide bonds. The number of hydrogen-bond acceptors (Lipinski definition) is 5. The lowest BCUT2D eigenvalue weighted by Crippen LogP contribution is -2.44. The highest BCUT2D eigenvalue weighted by molar-refractivity contribution is 5.82. The Kier molecular flexibility index (Phi) is 5.83. The van der Waals surface area contributed by atoms with Crippen molar-refractivity contribution in [2.45, 2.75) is 45.4 Å². The van der Waals surface area contributed by atoms with Gasteiger partial charge < -0.3 is 14.6 Å². The number of esters is 1. The first kappa shape index (κ1) is 18.3. The van der Waals surface area contributed by atoms with Gasteiger partial charge in [-0.3, -0.25) is 4.90 Å². The molecule has 0 aliphatic carbocycles. The number of benzene rings is 1. The predicted molar refractivity (Wildman–Crippen MR) is 88.2 cm³/mol. The van der Waals surface area contributed by atoms with Crippen molar-refractivity contribution >= 4 is 12.1 Å². The zero-order valence-corrected chi connectivity index (χ0v) is 14.4. The van der Waals surface area contributed by atoms with Gasteiger partial charge in [0.25, 0.3) is 0 Å². The molecule has 1 aliphatic heterocycles. The van der Waals surface area contributed by atoms with Crippen LogP contribution in [0.1, 0.15) is 32.8 Å². The van der Waals surface area contributed by atoms with Crippen molar-refractivity contribution in [3.8, 4) is 0 Å². The molecule has 1 N–H and O–H groups in total. The van der Waals surface area contributed by atoms with Crippen LogP contribution in [0.3, 0.4) is 0 Å². The SMILES string of the molecule is CC(C)(C)OC(=O)N1CC(CO)C[C@H]1C(=O)OCc1ccccc1. The first-order valence-corrected chi connectivity index (χ1v) is 8.11. The van der Waals surface area contributed by atoms with Crippen molar-refractivity contribution in [2.75, 3.05) is 13.2 Å². The van der Waals surface area contributed by atoms with Gasteiger partial charge in [0.2, 0.25) is 0 Å². The number of aliphatic hydroxyl groups excluding tert-OH is 1. The number of likely N-dealkylation sites (tertiary alicyclic amines) is 1. The van der Waals surface area contributed by atoms with Crippen molar-refractivity contribution in [3.63, 3.8) is 0 Å². The van der Waals surface area contributed by atoms with Crippen LogP contribution in [0.2, 0.25) is 0 Å². The van der Waals surface area contributed by atoms with Crippen LogP contribution in [-0.4, -0.2) is 46.9 Å². The molecule has 0 saturated carbocycles. The quantitative estimate of drug-likeness (QED) is 0.855. The number of nitrogens with zero attached hydrogens (tertiary/aromatic N) is 1. The minimum Gasteiger partial charge on any atom is -0.459 e. The van der Waals surface area contributed by atoms with Gasteiger partial charge in [0.05, 0.1) is 0 Å². The van der Waals surface area contributed by atoms with E-state index in [1.165, 1.54) is 4.90 Å². The minimum atomic E-state index is -0.722. The summed E-state index contributed by atoms with van der Waals surface area (Å²) in [6, 6.07) is 8.63. The van der Waals surface area contributed by atoms with Gasteiger partial charge in [-0.1, -0.05) is 30.3 Å². The first-order valence-electron chi connectivity index (χ1n) is 8.11. The zero-order chi connectivity index (χ0) is 17.7. The fourth-order valence-electron chi connectivity index (χ4n) is 2.63. The Morgan fingerprint density at radius 3 is 2.50 bits per heavy atom. The Morgan fingerprint density at radius 2 is 1.92 bits per heavy atom. The van der Waals surface area contributed by atoms with Gasteiger partial charge in [0.15, 0.2) is 0 Å². The van der Waals surface area contributed by atoms with E-state index < -0.39 is 23.7 Å². The summed E-state index contributed by atoms with van der Waals surface area (Å²) in [6.45, 7) is 5.67. The molecule has 24 heavy (non-hydrogen) atoms. The molecule has 6 heteroatoms. The van der Waals surface area contributed by atoms with Crippen molar-refractivity contribution in [2.24, 2.45) is 5.92 Å². The Bertz CT molecular complexity index is 567. The van der Waals surface area contributed by atoms with Crippen LogP contribution in [0.4, 0.5) is 4.79 Å². The molecule has 1 aromatic carbocycles. The molecule has 1 unspecified atom stereocenters. The van der Waals surface area contributed by atoms with Gasteiger partial charge in [0, 0.05) is 19.1 Å². The van der Waals surface area contributed by atoms with E-state index in [4.69, 9.17) is 9.47 Å². The molecule has 1 fully saturated rings. The third kappa shape index (κ3) is 4.96. The summed E-state index contributed by atoms with van der Waals surface area (Å²) in [6.07, 6.45) is -0.177. The Labute approximate surface area is 142 Å². The molecule has 1 heterocycles. The summed E-state index contributed by atoms with van der Waals surface area (Å²) >= 11 is 0. The zero-order valence-electron chi connectivity index (χ0n) is 14.4. The van der Waals surface area contributed by atoms with Gasteiger partial charge in [-0.15, -0.1) is 0 Å². The summed E-state index contributed by atoms with van der Waals surface area (Å²) in [5, 5.41) is 9.37. The molecular weight excluding hydrogens is 310 g/mol. The Balaban J connectivity index is 2.01. The van der Waals surface area contributed by atoms with Crippen LogP contribution in [0, 0.1) is 5.92 Å². The molecular formula is C18H25NO5. The monoisotopic (exact) mass is 335 g/mol. The lowest BCUT2D eigenvalue weighted by Gasteiger charge is -2.27. The third-order valence-electron chi connectivity index (χ3n) is 3.77. The molecule has 0 aromatic heterocycles. The van der Waals surface area contributed by atoms with Gasteiger partial charge in [-0.05, 0) is 32.8 Å². The average molecular weight is 335 g/mol. The summed E-state index contributed by atoms with van der Waals surface area (Å²) in [5.74, 6) is -0.618. The Hall–Kier alpha value is -2.08. The largest absolute Gasteiger partial charge is 0.459 e. The van der Waals surface area contributed by atoms with E-state index in [0.29, 0.717) is 6.42 Å².